The number of carbonyl (C=O) groups is 1. The van der Waals surface area contributed by atoms with Crippen LogP contribution >= 0.6 is 0 Å². The Bertz CT molecular complexity index is 224. The minimum Gasteiger partial charge on any atom is -0.333 e. The van der Waals surface area contributed by atoms with Gasteiger partial charge in [-0.1, -0.05) is 12.5 Å². The summed E-state index contributed by atoms with van der Waals surface area (Å²) < 4.78 is 0. The second-order valence-electron chi connectivity index (χ2n) is 4.08. The molecule has 2 saturated heterocycles. The van der Waals surface area contributed by atoms with Gasteiger partial charge in [0.05, 0.1) is 6.04 Å². The van der Waals surface area contributed by atoms with Gasteiger partial charge in [0.2, 0.25) is 5.91 Å². The van der Waals surface area contributed by atoms with Crippen LogP contribution in [0.15, 0.2) is 12.7 Å². The summed E-state index contributed by atoms with van der Waals surface area (Å²) in [6, 6.07) is 0.855. The molecular formula is C11H17NO. The summed E-state index contributed by atoms with van der Waals surface area (Å²) >= 11 is 0. The zero-order valence-electron chi connectivity index (χ0n) is 8.04. The van der Waals surface area contributed by atoms with Crippen LogP contribution in [0, 0.1) is 0 Å². The van der Waals surface area contributed by atoms with Crippen molar-refractivity contribution in [1.29, 1.82) is 0 Å². The molecule has 0 aromatic carbocycles. The first-order valence-electron chi connectivity index (χ1n) is 5.26. The SMILES string of the molecule is C=C[C@@H]1CC[C@H]2CCCCC(=O)N21. The molecule has 2 atom stereocenters. The Morgan fingerprint density at radius 1 is 1.31 bits per heavy atom. The van der Waals surface area contributed by atoms with E-state index in [2.05, 4.69) is 11.5 Å². The molecule has 1 amide bonds. The maximum atomic E-state index is 11.7. The van der Waals surface area contributed by atoms with Crippen LogP contribution in [0.3, 0.4) is 0 Å². The van der Waals surface area contributed by atoms with Crippen LogP contribution in [0.4, 0.5) is 0 Å². The maximum Gasteiger partial charge on any atom is 0.223 e. The Labute approximate surface area is 79.6 Å². The first kappa shape index (κ1) is 8.79. The van der Waals surface area contributed by atoms with E-state index in [9.17, 15) is 4.79 Å². The van der Waals surface area contributed by atoms with Crippen LogP contribution < -0.4 is 0 Å². The molecule has 2 rings (SSSR count). The van der Waals surface area contributed by atoms with Crippen molar-refractivity contribution in [2.75, 3.05) is 0 Å². The van der Waals surface area contributed by atoms with Crippen molar-refractivity contribution >= 4 is 5.91 Å². The van der Waals surface area contributed by atoms with Gasteiger partial charge in [0.15, 0.2) is 0 Å². The zero-order chi connectivity index (χ0) is 9.26. The predicted molar refractivity (Wildman–Crippen MR) is 52.3 cm³/mol. The van der Waals surface area contributed by atoms with Crippen molar-refractivity contribution in [3.63, 3.8) is 0 Å². The summed E-state index contributed by atoms with van der Waals surface area (Å²) in [5.41, 5.74) is 0. The molecule has 0 unspecified atom stereocenters. The van der Waals surface area contributed by atoms with Gasteiger partial charge in [-0.2, -0.15) is 0 Å². The highest BCUT2D eigenvalue weighted by Crippen LogP contribution is 2.31. The van der Waals surface area contributed by atoms with E-state index in [1.807, 2.05) is 6.08 Å². The van der Waals surface area contributed by atoms with E-state index in [0.29, 0.717) is 18.0 Å². The van der Waals surface area contributed by atoms with Crippen LogP contribution in [-0.4, -0.2) is 22.9 Å². The molecule has 0 aromatic heterocycles. The van der Waals surface area contributed by atoms with Gasteiger partial charge in [-0.15, -0.1) is 6.58 Å². The van der Waals surface area contributed by atoms with Gasteiger partial charge in [-0.25, -0.2) is 0 Å². The number of nitrogens with zero attached hydrogens (tertiary/aromatic N) is 1. The van der Waals surface area contributed by atoms with Gasteiger partial charge in [-0.3, -0.25) is 4.79 Å². The Hall–Kier alpha value is -0.790. The number of hydrogen-bond donors (Lipinski definition) is 0. The Kier molecular flexibility index (Phi) is 2.38. The monoisotopic (exact) mass is 179 g/mol. The minimum atomic E-state index is 0.329. The summed E-state index contributed by atoms with van der Waals surface area (Å²) in [6.45, 7) is 3.80. The molecule has 2 heteroatoms. The molecule has 0 radical (unpaired) electrons. The average molecular weight is 179 g/mol. The lowest BCUT2D eigenvalue weighted by Gasteiger charge is -2.26. The Morgan fingerprint density at radius 3 is 2.92 bits per heavy atom. The third-order valence-electron chi connectivity index (χ3n) is 3.28. The lowest BCUT2D eigenvalue weighted by Crippen LogP contribution is -2.38. The minimum absolute atomic E-state index is 0.329. The van der Waals surface area contributed by atoms with E-state index in [1.165, 1.54) is 19.3 Å². The molecular weight excluding hydrogens is 162 g/mol. The zero-order valence-corrected chi connectivity index (χ0v) is 8.04. The Morgan fingerprint density at radius 2 is 2.15 bits per heavy atom. The summed E-state index contributed by atoms with van der Waals surface area (Å²) in [6.07, 6.45) is 8.49. The molecule has 2 aliphatic heterocycles. The van der Waals surface area contributed by atoms with E-state index < -0.39 is 0 Å². The number of hydrogen-bond acceptors (Lipinski definition) is 1. The molecule has 0 bridgehead atoms. The Balaban J connectivity index is 2.17. The van der Waals surface area contributed by atoms with E-state index in [-0.39, 0.29) is 0 Å². The third kappa shape index (κ3) is 1.50. The van der Waals surface area contributed by atoms with E-state index in [4.69, 9.17) is 0 Å². The number of fused-ring (bicyclic) bond motifs is 1. The van der Waals surface area contributed by atoms with Gasteiger partial charge in [0, 0.05) is 12.5 Å². The van der Waals surface area contributed by atoms with Crippen LogP contribution in [0.25, 0.3) is 0 Å². The van der Waals surface area contributed by atoms with Gasteiger partial charge < -0.3 is 4.90 Å². The summed E-state index contributed by atoms with van der Waals surface area (Å²) in [4.78, 5) is 13.8. The lowest BCUT2D eigenvalue weighted by molar-refractivity contribution is -0.132. The molecule has 2 aliphatic rings. The van der Waals surface area contributed by atoms with E-state index >= 15 is 0 Å². The van der Waals surface area contributed by atoms with Crippen molar-refractivity contribution in [2.45, 2.75) is 50.6 Å². The molecule has 0 spiro atoms. The highest BCUT2D eigenvalue weighted by molar-refractivity contribution is 5.77. The fourth-order valence-electron chi connectivity index (χ4n) is 2.60. The molecule has 2 fully saturated rings. The summed E-state index contributed by atoms with van der Waals surface area (Å²) in [5, 5.41) is 0. The topological polar surface area (TPSA) is 20.3 Å². The summed E-state index contributed by atoms with van der Waals surface area (Å²) in [5.74, 6) is 0.352. The molecule has 0 aromatic rings. The molecule has 2 heterocycles. The second-order valence-corrected chi connectivity index (χ2v) is 4.08. The first-order valence-corrected chi connectivity index (χ1v) is 5.26. The fourth-order valence-corrected chi connectivity index (χ4v) is 2.60. The lowest BCUT2D eigenvalue weighted by atomic mass is 10.1. The van der Waals surface area contributed by atoms with Crippen LogP contribution in [0.2, 0.25) is 0 Å². The van der Waals surface area contributed by atoms with Gasteiger partial charge in [-0.05, 0) is 25.7 Å². The quantitative estimate of drug-likeness (QED) is 0.564. The van der Waals surface area contributed by atoms with E-state index in [1.54, 1.807) is 0 Å². The molecule has 13 heavy (non-hydrogen) atoms. The van der Waals surface area contributed by atoms with Crippen molar-refractivity contribution in [2.24, 2.45) is 0 Å². The largest absolute Gasteiger partial charge is 0.333 e. The standard InChI is InChI=1S/C11H17NO/c1-2-9-7-8-10-5-3-4-6-11(13)12(9)10/h2,9-10H,1,3-8H2/t9-,10-/m1/s1. The van der Waals surface area contributed by atoms with Gasteiger partial charge in [0.1, 0.15) is 0 Å². The fraction of sp³-hybridized carbons (Fsp3) is 0.727. The number of carbonyl (C=O) groups excluding carboxylic acids is 1. The van der Waals surface area contributed by atoms with Crippen molar-refractivity contribution in [3.05, 3.63) is 12.7 Å². The van der Waals surface area contributed by atoms with Gasteiger partial charge in [0.25, 0.3) is 0 Å². The van der Waals surface area contributed by atoms with Crippen LogP contribution in [-0.2, 0) is 4.79 Å². The highest BCUT2D eigenvalue weighted by Gasteiger charge is 2.35. The van der Waals surface area contributed by atoms with E-state index in [0.717, 1.165) is 19.3 Å². The number of amides is 1. The van der Waals surface area contributed by atoms with Crippen molar-refractivity contribution < 1.29 is 4.79 Å². The smallest absolute Gasteiger partial charge is 0.223 e. The summed E-state index contributed by atoms with van der Waals surface area (Å²) in [7, 11) is 0. The second kappa shape index (κ2) is 3.52. The van der Waals surface area contributed by atoms with Crippen LogP contribution in [0.5, 0.6) is 0 Å². The molecule has 72 valence electrons. The van der Waals surface area contributed by atoms with Gasteiger partial charge >= 0.3 is 0 Å². The average Bonchev–Trinajstić information content (AvgIpc) is 2.47. The van der Waals surface area contributed by atoms with Crippen molar-refractivity contribution in [1.82, 2.24) is 4.90 Å². The molecule has 2 nitrogen and oxygen atoms in total. The molecule has 0 N–H and O–H groups in total. The normalized spacial score (nSPS) is 34.2. The predicted octanol–water partition coefficient (Wildman–Crippen LogP) is 2.11. The molecule has 0 saturated carbocycles. The first-order chi connectivity index (χ1) is 6.33. The van der Waals surface area contributed by atoms with Crippen LogP contribution in [0.1, 0.15) is 38.5 Å². The van der Waals surface area contributed by atoms with Crippen molar-refractivity contribution in [3.8, 4) is 0 Å². The third-order valence-corrected chi connectivity index (χ3v) is 3.28. The molecule has 0 aliphatic carbocycles. The maximum absolute atomic E-state index is 11.7. The number of rotatable bonds is 1. The highest BCUT2D eigenvalue weighted by atomic mass is 16.2.